The maximum absolute atomic E-state index is 3.51. The second kappa shape index (κ2) is 11.8. The first-order valence-corrected chi connectivity index (χ1v) is 16.9. The van der Waals surface area contributed by atoms with Gasteiger partial charge in [-0.15, -0.1) is 5.73 Å². The zero-order valence-corrected chi connectivity index (χ0v) is 27.4. The van der Waals surface area contributed by atoms with Gasteiger partial charge in [-0.2, -0.15) is 0 Å². The number of hydrogen-bond donors (Lipinski definition) is 1. The van der Waals surface area contributed by atoms with Crippen LogP contribution in [0.5, 0.6) is 0 Å². The van der Waals surface area contributed by atoms with E-state index in [2.05, 4.69) is 172 Å². The van der Waals surface area contributed by atoms with Crippen molar-refractivity contribution in [3.8, 4) is 0 Å². The van der Waals surface area contributed by atoms with Crippen LogP contribution in [0.2, 0.25) is 0 Å². The van der Waals surface area contributed by atoms with Crippen molar-refractivity contribution in [1.82, 2.24) is 5.32 Å². The molecule has 0 radical (unpaired) electrons. The summed E-state index contributed by atoms with van der Waals surface area (Å²) in [5.41, 5.74) is 22.8. The SMILES string of the molecule is C/C=C\C=C(/c1ccc(C2=CCC=C2N/C=C\CC)c(C)c1)c1ccc2c(c1)Cc1ccccc1C21C2=C(C=C=C2)c2ccccc21. The van der Waals surface area contributed by atoms with Gasteiger partial charge in [-0.1, -0.05) is 128 Å². The fourth-order valence-electron chi connectivity index (χ4n) is 8.19. The van der Waals surface area contributed by atoms with Gasteiger partial charge in [0.05, 0.1) is 5.41 Å². The summed E-state index contributed by atoms with van der Waals surface area (Å²) in [6, 6.07) is 32.2. The second-order valence-electron chi connectivity index (χ2n) is 12.8. The van der Waals surface area contributed by atoms with Gasteiger partial charge in [0.15, 0.2) is 0 Å². The van der Waals surface area contributed by atoms with Crippen LogP contribution in [0.25, 0.3) is 16.7 Å². The molecule has 0 aliphatic heterocycles. The van der Waals surface area contributed by atoms with Crippen molar-refractivity contribution in [1.29, 1.82) is 0 Å². The zero-order valence-electron chi connectivity index (χ0n) is 27.4. The third-order valence-corrected chi connectivity index (χ3v) is 10.2. The quantitative estimate of drug-likeness (QED) is 0.163. The van der Waals surface area contributed by atoms with Gasteiger partial charge in [-0.3, -0.25) is 0 Å². The molecule has 0 heterocycles. The topological polar surface area (TPSA) is 12.0 Å². The number of fused-ring (bicyclic) bond motifs is 8. The monoisotopic (exact) mass is 605 g/mol. The molecule has 4 aromatic carbocycles. The minimum Gasteiger partial charge on any atom is -0.362 e. The Kier molecular flexibility index (Phi) is 7.28. The molecule has 4 aliphatic rings. The van der Waals surface area contributed by atoms with E-state index in [1.807, 2.05) is 0 Å². The molecule has 0 saturated carbocycles. The summed E-state index contributed by atoms with van der Waals surface area (Å²) >= 11 is 0. The summed E-state index contributed by atoms with van der Waals surface area (Å²) in [7, 11) is 0. The molecule has 0 saturated heterocycles. The van der Waals surface area contributed by atoms with E-state index in [-0.39, 0.29) is 5.41 Å². The maximum atomic E-state index is 3.51. The molecule has 0 bridgehead atoms. The van der Waals surface area contributed by atoms with Gasteiger partial charge in [0.1, 0.15) is 0 Å². The summed E-state index contributed by atoms with van der Waals surface area (Å²) in [5, 5.41) is 3.51. The molecule has 4 aromatic rings. The Labute approximate surface area is 279 Å². The molecule has 228 valence electrons. The minimum absolute atomic E-state index is 0.333. The Bertz CT molecular complexity index is 2200. The van der Waals surface area contributed by atoms with Crippen LogP contribution < -0.4 is 5.32 Å². The number of benzene rings is 4. The molecule has 1 heteroatoms. The van der Waals surface area contributed by atoms with E-state index in [0.29, 0.717) is 0 Å². The molecule has 0 aromatic heterocycles. The third-order valence-electron chi connectivity index (χ3n) is 10.2. The molecule has 1 unspecified atom stereocenters. The minimum atomic E-state index is -0.333. The van der Waals surface area contributed by atoms with Crippen LogP contribution in [0, 0.1) is 6.92 Å². The first kappa shape index (κ1) is 29.1. The smallest absolute Gasteiger partial charge is 0.0725 e. The Morgan fingerprint density at radius 2 is 1.62 bits per heavy atom. The van der Waals surface area contributed by atoms with Crippen LogP contribution in [0.4, 0.5) is 0 Å². The maximum Gasteiger partial charge on any atom is 0.0725 e. The van der Waals surface area contributed by atoms with Gasteiger partial charge in [0.2, 0.25) is 0 Å². The zero-order chi connectivity index (χ0) is 32.0. The van der Waals surface area contributed by atoms with Gasteiger partial charge in [-0.25, -0.2) is 0 Å². The van der Waals surface area contributed by atoms with Crippen molar-refractivity contribution in [3.63, 3.8) is 0 Å². The van der Waals surface area contributed by atoms with Crippen LogP contribution in [0.1, 0.15) is 82.3 Å². The van der Waals surface area contributed by atoms with Gasteiger partial charge in [0.25, 0.3) is 0 Å². The van der Waals surface area contributed by atoms with Crippen molar-refractivity contribution in [2.75, 3.05) is 0 Å². The number of hydrogen-bond acceptors (Lipinski definition) is 1. The van der Waals surface area contributed by atoms with E-state index in [1.54, 1.807) is 0 Å². The van der Waals surface area contributed by atoms with Crippen molar-refractivity contribution in [2.45, 2.75) is 45.4 Å². The summed E-state index contributed by atoms with van der Waals surface area (Å²) in [6.45, 7) is 6.48. The summed E-state index contributed by atoms with van der Waals surface area (Å²) < 4.78 is 0. The molecule has 1 nitrogen and oxygen atoms in total. The summed E-state index contributed by atoms with van der Waals surface area (Å²) in [5.74, 6) is 0. The van der Waals surface area contributed by atoms with Crippen LogP contribution in [-0.4, -0.2) is 0 Å². The van der Waals surface area contributed by atoms with E-state index in [1.165, 1.54) is 83.6 Å². The average molecular weight is 606 g/mol. The molecular formula is C46H39N. The molecule has 1 spiro atoms. The van der Waals surface area contributed by atoms with E-state index in [0.717, 1.165) is 19.3 Å². The predicted molar refractivity (Wildman–Crippen MR) is 198 cm³/mol. The van der Waals surface area contributed by atoms with E-state index in [9.17, 15) is 0 Å². The number of aryl methyl sites for hydroxylation is 1. The highest BCUT2D eigenvalue weighted by molar-refractivity contribution is 5.95. The highest BCUT2D eigenvalue weighted by Gasteiger charge is 2.50. The molecule has 0 fully saturated rings. The van der Waals surface area contributed by atoms with Gasteiger partial charge in [-0.05, 0) is 124 Å². The van der Waals surface area contributed by atoms with Gasteiger partial charge >= 0.3 is 0 Å². The lowest BCUT2D eigenvalue weighted by Gasteiger charge is -2.41. The molecule has 47 heavy (non-hydrogen) atoms. The standard InChI is InChI=1S/C46H39N/c1-4-6-15-37(32-23-25-36(31(3)28-32)40-18-13-22-45(40)47-27-7-5-2)33-24-26-42-35(29-33)30-34-14-8-10-19-41(34)46(42)43-20-11-9-16-38(43)39-17-12-21-44(39)46/h4,6-11,14-29,47H,5,13,30H2,1-3H3/b6-4-,27-7-,37-15+. The van der Waals surface area contributed by atoms with Crippen LogP contribution in [-0.2, 0) is 11.8 Å². The number of rotatable bonds is 7. The molecule has 1 atom stereocenters. The number of allylic oxidation sites excluding steroid dienone is 10. The molecular weight excluding hydrogens is 567 g/mol. The van der Waals surface area contributed by atoms with Gasteiger partial charge < -0.3 is 5.32 Å². The summed E-state index contributed by atoms with van der Waals surface area (Å²) in [6.07, 6.45) is 22.7. The van der Waals surface area contributed by atoms with Gasteiger partial charge in [0, 0.05) is 11.3 Å². The lowest BCUT2D eigenvalue weighted by Crippen LogP contribution is -2.34. The third kappa shape index (κ3) is 4.54. The lowest BCUT2D eigenvalue weighted by molar-refractivity contribution is 0.717. The fraction of sp³-hybridized carbons (Fsp3) is 0.152. The Morgan fingerprint density at radius 3 is 2.47 bits per heavy atom. The first-order chi connectivity index (χ1) is 23.1. The van der Waals surface area contributed by atoms with E-state index >= 15 is 0 Å². The van der Waals surface area contributed by atoms with E-state index in [4.69, 9.17) is 0 Å². The fourth-order valence-corrected chi connectivity index (χ4v) is 8.19. The normalized spacial score (nSPS) is 19.0. The highest BCUT2D eigenvalue weighted by atomic mass is 14.9. The molecule has 0 amide bonds. The Balaban J connectivity index is 1.24. The molecule has 4 aliphatic carbocycles. The van der Waals surface area contributed by atoms with Crippen LogP contribution >= 0.6 is 0 Å². The number of nitrogens with one attached hydrogen (secondary N) is 1. The largest absolute Gasteiger partial charge is 0.362 e. The second-order valence-corrected chi connectivity index (χ2v) is 12.8. The lowest BCUT2D eigenvalue weighted by atomic mass is 9.61. The van der Waals surface area contributed by atoms with Crippen molar-refractivity contribution in [2.24, 2.45) is 0 Å². The van der Waals surface area contributed by atoms with Crippen LogP contribution in [0.3, 0.4) is 0 Å². The average Bonchev–Trinajstić information content (AvgIpc) is 3.83. The summed E-state index contributed by atoms with van der Waals surface area (Å²) in [4.78, 5) is 0. The van der Waals surface area contributed by atoms with Crippen molar-refractivity contribution < 1.29 is 0 Å². The van der Waals surface area contributed by atoms with E-state index < -0.39 is 0 Å². The molecule has 8 rings (SSSR count). The molecule has 1 N–H and O–H groups in total. The predicted octanol–water partition coefficient (Wildman–Crippen LogP) is 10.9. The Morgan fingerprint density at radius 1 is 0.830 bits per heavy atom. The van der Waals surface area contributed by atoms with Crippen molar-refractivity contribution >= 4 is 16.7 Å². The Hall–Kier alpha value is -5.36. The van der Waals surface area contributed by atoms with Crippen molar-refractivity contribution in [3.05, 3.63) is 212 Å². The highest BCUT2D eigenvalue weighted by Crippen LogP contribution is 2.59. The van der Waals surface area contributed by atoms with Crippen LogP contribution in [0.15, 0.2) is 157 Å². The first-order valence-electron chi connectivity index (χ1n) is 16.9.